The highest BCUT2D eigenvalue weighted by Gasteiger charge is 2.47. The number of hydrogen-bond donors (Lipinski definition) is 2. The summed E-state index contributed by atoms with van der Waals surface area (Å²) in [7, 11) is 0. The Morgan fingerprint density at radius 2 is 2.20 bits per heavy atom. The summed E-state index contributed by atoms with van der Waals surface area (Å²) in [5.74, 6) is -0.226. The van der Waals surface area contributed by atoms with E-state index in [-0.39, 0.29) is 12.1 Å². The molecule has 0 radical (unpaired) electrons. The molecule has 0 aliphatic heterocycles. The Bertz CT molecular complexity index is 503. The third-order valence-corrected chi connectivity index (χ3v) is 4.12. The zero-order valence-corrected chi connectivity index (χ0v) is 11.2. The predicted molar refractivity (Wildman–Crippen MR) is 70.0 cm³/mol. The molecule has 20 heavy (non-hydrogen) atoms. The molecule has 108 valence electrons. The molecule has 2 aliphatic rings. The van der Waals surface area contributed by atoms with Crippen LogP contribution in [0.2, 0.25) is 0 Å². The van der Waals surface area contributed by atoms with Crippen LogP contribution in [0.4, 0.5) is 4.79 Å². The lowest BCUT2D eigenvalue weighted by molar-refractivity contribution is -0.148. The van der Waals surface area contributed by atoms with Gasteiger partial charge in [-0.05, 0) is 44.2 Å². The molecule has 1 aromatic rings. The van der Waals surface area contributed by atoms with Crippen LogP contribution in [-0.2, 0) is 11.3 Å². The fraction of sp³-hybridized carbons (Fsp3) is 0.571. The number of aliphatic carboxylic acids is 1. The zero-order valence-electron chi connectivity index (χ0n) is 11.2. The molecule has 1 heterocycles. The van der Waals surface area contributed by atoms with Gasteiger partial charge in [0.05, 0.1) is 12.8 Å². The molecule has 2 amide bonds. The van der Waals surface area contributed by atoms with E-state index in [1.165, 1.54) is 0 Å². The third-order valence-electron chi connectivity index (χ3n) is 4.12. The highest BCUT2D eigenvalue weighted by atomic mass is 16.4. The maximum absolute atomic E-state index is 12.4. The lowest BCUT2D eigenvalue weighted by atomic mass is 9.77. The first kappa shape index (κ1) is 13.0. The second-order valence-electron chi connectivity index (χ2n) is 5.61. The first-order valence-corrected chi connectivity index (χ1v) is 6.95. The van der Waals surface area contributed by atoms with E-state index in [9.17, 15) is 14.7 Å². The van der Waals surface area contributed by atoms with Gasteiger partial charge >= 0.3 is 12.0 Å². The van der Waals surface area contributed by atoms with Crippen molar-refractivity contribution in [2.24, 2.45) is 0 Å². The number of urea groups is 1. The summed E-state index contributed by atoms with van der Waals surface area (Å²) in [5.41, 5.74) is -1.06. The van der Waals surface area contributed by atoms with Gasteiger partial charge < -0.3 is 19.7 Å². The van der Waals surface area contributed by atoms with E-state index in [4.69, 9.17) is 4.42 Å². The number of furan rings is 1. The molecule has 0 spiro atoms. The summed E-state index contributed by atoms with van der Waals surface area (Å²) in [6.45, 7) is 0.388. The average Bonchev–Trinajstić information content (AvgIpc) is 3.07. The van der Waals surface area contributed by atoms with Gasteiger partial charge in [0.25, 0.3) is 0 Å². The van der Waals surface area contributed by atoms with Gasteiger partial charge in [0.15, 0.2) is 0 Å². The van der Waals surface area contributed by atoms with E-state index in [0.717, 1.165) is 19.3 Å². The molecule has 6 nitrogen and oxygen atoms in total. The SMILES string of the molecule is O=C(NC1(C(=O)O)CCC1)N(Cc1ccco1)C1CC1. The van der Waals surface area contributed by atoms with Crippen molar-refractivity contribution in [3.05, 3.63) is 24.2 Å². The summed E-state index contributed by atoms with van der Waals surface area (Å²) < 4.78 is 5.27. The molecule has 2 fully saturated rings. The molecule has 0 aromatic carbocycles. The summed E-state index contributed by atoms with van der Waals surface area (Å²) in [6.07, 6.45) is 5.36. The third kappa shape index (κ3) is 2.37. The normalized spacial score (nSPS) is 20.0. The molecule has 0 bridgehead atoms. The van der Waals surface area contributed by atoms with E-state index in [1.54, 1.807) is 17.2 Å². The second-order valence-corrected chi connectivity index (χ2v) is 5.61. The van der Waals surface area contributed by atoms with Crippen LogP contribution in [-0.4, -0.2) is 33.6 Å². The number of carboxylic acid groups (broad SMARTS) is 1. The van der Waals surface area contributed by atoms with Gasteiger partial charge in [-0.15, -0.1) is 0 Å². The number of nitrogens with zero attached hydrogens (tertiary/aromatic N) is 1. The van der Waals surface area contributed by atoms with Crippen LogP contribution < -0.4 is 5.32 Å². The summed E-state index contributed by atoms with van der Waals surface area (Å²) >= 11 is 0. The van der Waals surface area contributed by atoms with Crippen molar-refractivity contribution in [2.45, 2.75) is 50.2 Å². The number of carbonyl (C=O) groups is 2. The monoisotopic (exact) mass is 278 g/mol. The Morgan fingerprint density at radius 3 is 2.65 bits per heavy atom. The average molecular weight is 278 g/mol. The van der Waals surface area contributed by atoms with Gasteiger partial charge in [-0.2, -0.15) is 0 Å². The zero-order chi connectivity index (χ0) is 14.2. The fourth-order valence-corrected chi connectivity index (χ4v) is 2.52. The highest BCUT2D eigenvalue weighted by molar-refractivity contribution is 5.87. The summed E-state index contributed by atoms with van der Waals surface area (Å²) in [5, 5.41) is 12.0. The lowest BCUT2D eigenvalue weighted by Gasteiger charge is -2.39. The van der Waals surface area contributed by atoms with E-state index >= 15 is 0 Å². The van der Waals surface area contributed by atoms with Crippen LogP contribution in [0.25, 0.3) is 0 Å². The molecule has 0 unspecified atom stereocenters. The lowest BCUT2D eigenvalue weighted by Crippen LogP contribution is -2.61. The summed E-state index contributed by atoms with van der Waals surface area (Å²) in [4.78, 5) is 25.4. The number of carbonyl (C=O) groups excluding carboxylic acids is 1. The minimum atomic E-state index is -1.06. The van der Waals surface area contributed by atoms with Crippen LogP contribution in [0.1, 0.15) is 37.9 Å². The smallest absolute Gasteiger partial charge is 0.329 e. The topological polar surface area (TPSA) is 82.8 Å². The van der Waals surface area contributed by atoms with Gasteiger partial charge in [0.2, 0.25) is 0 Å². The van der Waals surface area contributed by atoms with Crippen molar-refractivity contribution in [2.75, 3.05) is 0 Å². The van der Waals surface area contributed by atoms with Gasteiger partial charge in [-0.25, -0.2) is 9.59 Å². The van der Waals surface area contributed by atoms with Crippen LogP contribution in [0.3, 0.4) is 0 Å². The fourth-order valence-electron chi connectivity index (χ4n) is 2.52. The van der Waals surface area contributed by atoms with E-state index in [0.29, 0.717) is 25.1 Å². The first-order valence-electron chi connectivity index (χ1n) is 6.95. The number of rotatable bonds is 5. The van der Waals surface area contributed by atoms with E-state index in [2.05, 4.69) is 5.32 Å². The van der Waals surface area contributed by atoms with Crippen molar-refractivity contribution in [3.8, 4) is 0 Å². The van der Waals surface area contributed by atoms with Gasteiger partial charge in [-0.1, -0.05) is 0 Å². The van der Waals surface area contributed by atoms with E-state index in [1.807, 2.05) is 6.07 Å². The standard InChI is InChI=1S/C14H18N2O4/c17-12(18)14(6-2-7-14)15-13(19)16(10-4-5-10)9-11-3-1-8-20-11/h1,3,8,10H,2,4-7,9H2,(H,15,19)(H,17,18). The largest absolute Gasteiger partial charge is 0.480 e. The van der Waals surface area contributed by atoms with Crippen LogP contribution in [0.5, 0.6) is 0 Å². The number of nitrogens with one attached hydrogen (secondary N) is 1. The molecule has 2 N–H and O–H groups in total. The number of hydrogen-bond acceptors (Lipinski definition) is 3. The molecule has 3 rings (SSSR count). The molecule has 2 aliphatic carbocycles. The van der Waals surface area contributed by atoms with Crippen LogP contribution in [0.15, 0.2) is 22.8 Å². The minimum absolute atomic E-state index is 0.200. The van der Waals surface area contributed by atoms with Crippen molar-refractivity contribution < 1.29 is 19.1 Å². The molecule has 1 aromatic heterocycles. The number of amides is 2. The number of carboxylic acids is 1. The predicted octanol–water partition coefficient (Wildman–Crippen LogP) is 1.96. The Morgan fingerprint density at radius 1 is 1.45 bits per heavy atom. The van der Waals surface area contributed by atoms with Crippen molar-refractivity contribution in [3.63, 3.8) is 0 Å². The molecule has 6 heteroatoms. The Hall–Kier alpha value is -1.98. The maximum atomic E-state index is 12.4. The van der Waals surface area contributed by atoms with Gasteiger partial charge in [0, 0.05) is 6.04 Å². The first-order chi connectivity index (χ1) is 9.61. The Balaban J connectivity index is 1.68. The quantitative estimate of drug-likeness (QED) is 0.862. The molecular weight excluding hydrogens is 260 g/mol. The van der Waals surface area contributed by atoms with E-state index < -0.39 is 11.5 Å². The van der Waals surface area contributed by atoms with Crippen molar-refractivity contribution in [1.82, 2.24) is 10.2 Å². The highest BCUT2D eigenvalue weighted by Crippen LogP contribution is 2.34. The molecule has 0 atom stereocenters. The molecule has 0 saturated heterocycles. The molecule has 2 saturated carbocycles. The van der Waals surface area contributed by atoms with Crippen molar-refractivity contribution in [1.29, 1.82) is 0 Å². The van der Waals surface area contributed by atoms with Crippen LogP contribution >= 0.6 is 0 Å². The maximum Gasteiger partial charge on any atom is 0.329 e. The Labute approximate surface area is 116 Å². The minimum Gasteiger partial charge on any atom is -0.480 e. The molecular formula is C14H18N2O4. The van der Waals surface area contributed by atoms with Gasteiger partial charge in [-0.3, -0.25) is 0 Å². The summed E-state index contributed by atoms with van der Waals surface area (Å²) in [6, 6.07) is 3.50. The van der Waals surface area contributed by atoms with Crippen LogP contribution in [0, 0.1) is 0 Å². The van der Waals surface area contributed by atoms with Gasteiger partial charge in [0.1, 0.15) is 11.3 Å². The second kappa shape index (κ2) is 4.85. The Kier molecular flexibility index (Phi) is 3.16. The van der Waals surface area contributed by atoms with Crippen molar-refractivity contribution >= 4 is 12.0 Å².